The number of rotatable bonds is 4. The van der Waals surface area contributed by atoms with Crippen LogP contribution >= 0.6 is 0 Å². The van der Waals surface area contributed by atoms with E-state index in [-0.39, 0.29) is 29.1 Å². The molecule has 0 saturated heterocycles. The fourth-order valence-electron chi connectivity index (χ4n) is 2.52. The molecule has 2 nitrogen and oxygen atoms in total. The minimum absolute atomic E-state index is 0.0382. The van der Waals surface area contributed by atoms with Gasteiger partial charge in [0.05, 0.1) is 6.04 Å². The van der Waals surface area contributed by atoms with Crippen LogP contribution < -0.4 is 5.32 Å². The van der Waals surface area contributed by atoms with Crippen molar-refractivity contribution in [3.63, 3.8) is 0 Å². The van der Waals surface area contributed by atoms with E-state index in [0.717, 1.165) is 31.2 Å². The van der Waals surface area contributed by atoms with E-state index >= 15 is 0 Å². The first-order chi connectivity index (χ1) is 9.35. The van der Waals surface area contributed by atoms with Gasteiger partial charge in [-0.15, -0.1) is 0 Å². The van der Waals surface area contributed by atoms with Gasteiger partial charge >= 0.3 is 0 Å². The second kappa shape index (κ2) is 5.94. The van der Waals surface area contributed by atoms with Gasteiger partial charge in [-0.25, -0.2) is 4.39 Å². The molecule has 1 aromatic rings. The van der Waals surface area contributed by atoms with Gasteiger partial charge in [-0.05, 0) is 42.4 Å². The van der Waals surface area contributed by atoms with Gasteiger partial charge in [0.15, 0.2) is 0 Å². The molecule has 0 aromatic heterocycles. The lowest BCUT2D eigenvalue weighted by Crippen LogP contribution is -2.38. The number of nitrogens with one attached hydrogen (secondary N) is 1. The van der Waals surface area contributed by atoms with Crippen LogP contribution in [-0.4, -0.2) is 5.91 Å². The Bertz CT molecular complexity index is 457. The molecule has 20 heavy (non-hydrogen) atoms. The zero-order valence-corrected chi connectivity index (χ0v) is 12.6. The third kappa shape index (κ3) is 4.06. The quantitative estimate of drug-likeness (QED) is 0.877. The summed E-state index contributed by atoms with van der Waals surface area (Å²) < 4.78 is 13.1. The number of carbonyl (C=O) groups is 1. The lowest BCUT2D eigenvalue weighted by Gasteiger charge is -2.31. The fourth-order valence-corrected chi connectivity index (χ4v) is 2.52. The normalized spacial score (nSPS) is 17.4. The van der Waals surface area contributed by atoms with Crippen LogP contribution in [0.4, 0.5) is 4.39 Å². The maximum atomic E-state index is 13.1. The van der Waals surface area contributed by atoms with E-state index in [1.54, 1.807) is 12.1 Å². The van der Waals surface area contributed by atoms with E-state index in [1.165, 1.54) is 12.1 Å². The van der Waals surface area contributed by atoms with Crippen LogP contribution in [0.2, 0.25) is 0 Å². The van der Waals surface area contributed by atoms with Gasteiger partial charge in [-0.3, -0.25) is 4.79 Å². The lowest BCUT2D eigenvalue weighted by molar-refractivity contribution is -0.128. The fraction of sp³-hybridized carbons (Fsp3) is 0.588. The molecule has 1 fully saturated rings. The molecule has 1 saturated carbocycles. The van der Waals surface area contributed by atoms with Crippen LogP contribution in [0.1, 0.15) is 58.1 Å². The largest absolute Gasteiger partial charge is 0.349 e. The topological polar surface area (TPSA) is 29.1 Å². The van der Waals surface area contributed by atoms with Crippen molar-refractivity contribution < 1.29 is 9.18 Å². The van der Waals surface area contributed by atoms with E-state index in [2.05, 4.69) is 26.1 Å². The summed E-state index contributed by atoms with van der Waals surface area (Å²) >= 11 is 0. The van der Waals surface area contributed by atoms with Crippen molar-refractivity contribution in [3.05, 3.63) is 35.6 Å². The number of hydrogen-bond acceptors (Lipinski definition) is 1. The molecule has 0 heterocycles. The summed E-state index contributed by atoms with van der Waals surface area (Å²) in [6.45, 7) is 6.46. The first-order valence-electron chi connectivity index (χ1n) is 7.41. The van der Waals surface area contributed by atoms with Gasteiger partial charge in [0, 0.05) is 5.92 Å². The van der Waals surface area contributed by atoms with Crippen molar-refractivity contribution in [1.29, 1.82) is 0 Å². The van der Waals surface area contributed by atoms with Crippen LogP contribution in [0.15, 0.2) is 24.3 Å². The molecule has 0 radical (unpaired) electrons. The molecule has 2 rings (SSSR count). The summed E-state index contributed by atoms with van der Waals surface area (Å²) in [5, 5.41) is 3.15. The van der Waals surface area contributed by atoms with E-state index in [9.17, 15) is 9.18 Å². The highest BCUT2D eigenvalue weighted by molar-refractivity contribution is 5.79. The minimum Gasteiger partial charge on any atom is -0.349 e. The van der Waals surface area contributed by atoms with Crippen LogP contribution in [0.3, 0.4) is 0 Å². The summed E-state index contributed by atoms with van der Waals surface area (Å²) in [5.74, 6) is 0.0846. The summed E-state index contributed by atoms with van der Waals surface area (Å²) in [4.78, 5) is 12.2. The Kier molecular flexibility index (Phi) is 4.46. The molecule has 1 amide bonds. The Hall–Kier alpha value is -1.38. The number of halogens is 1. The van der Waals surface area contributed by atoms with E-state index < -0.39 is 0 Å². The van der Waals surface area contributed by atoms with Crippen molar-refractivity contribution in [2.75, 3.05) is 0 Å². The minimum atomic E-state index is -0.242. The summed E-state index contributed by atoms with van der Waals surface area (Å²) in [7, 11) is 0. The van der Waals surface area contributed by atoms with Gasteiger partial charge in [-0.1, -0.05) is 39.3 Å². The van der Waals surface area contributed by atoms with Crippen molar-refractivity contribution in [2.45, 2.75) is 52.5 Å². The Morgan fingerprint density at radius 2 is 1.90 bits per heavy atom. The van der Waals surface area contributed by atoms with Crippen molar-refractivity contribution in [2.24, 2.45) is 11.3 Å². The highest BCUT2D eigenvalue weighted by Gasteiger charge is 2.29. The highest BCUT2D eigenvalue weighted by atomic mass is 19.1. The lowest BCUT2D eigenvalue weighted by atomic mass is 9.82. The Morgan fingerprint density at radius 3 is 2.35 bits per heavy atom. The molecule has 0 aliphatic heterocycles. The molecule has 1 aromatic carbocycles. The Labute approximate surface area is 120 Å². The molecular formula is C17H24FNO. The van der Waals surface area contributed by atoms with Crippen LogP contribution in [0.5, 0.6) is 0 Å². The van der Waals surface area contributed by atoms with Gasteiger partial charge < -0.3 is 5.32 Å². The SMILES string of the molecule is CC(C)(C)CC(NC(=O)C1CCC1)c1ccc(F)cc1. The maximum absolute atomic E-state index is 13.1. The number of hydrogen-bond donors (Lipinski definition) is 1. The average Bonchev–Trinajstić information content (AvgIpc) is 2.24. The second-order valence-corrected chi connectivity index (χ2v) is 7.01. The summed E-state index contributed by atoms with van der Waals surface area (Å²) in [6.07, 6.45) is 3.99. The van der Waals surface area contributed by atoms with Crippen molar-refractivity contribution in [3.8, 4) is 0 Å². The molecule has 1 aliphatic carbocycles. The molecule has 1 aliphatic rings. The summed E-state index contributed by atoms with van der Waals surface area (Å²) in [6, 6.07) is 6.42. The molecule has 0 bridgehead atoms. The molecule has 1 atom stereocenters. The number of benzene rings is 1. The van der Waals surface area contributed by atoms with Gasteiger partial charge in [0.1, 0.15) is 5.82 Å². The predicted molar refractivity (Wildman–Crippen MR) is 78.7 cm³/mol. The van der Waals surface area contributed by atoms with Gasteiger partial charge in [0.25, 0.3) is 0 Å². The highest BCUT2D eigenvalue weighted by Crippen LogP contribution is 2.32. The van der Waals surface area contributed by atoms with Crippen LogP contribution in [-0.2, 0) is 4.79 Å². The summed E-state index contributed by atoms with van der Waals surface area (Å²) in [5.41, 5.74) is 1.08. The van der Waals surface area contributed by atoms with Crippen LogP contribution in [0, 0.1) is 17.2 Å². The second-order valence-electron chi connectivity index (χ2n) is 7.01. The third-order valence-electron chi connectivity index (χ3n) is 3.88. The molecule has 1 N–H and O–H groups in total. The average molecular weight is 277 g/mol. The third-order valence-corrected chi connectivity index (χ3v) is 3.88. The molecule has 3 heteroatoms. The Balaban J connectivity index is 2.11. The standard InChI is InChI=1S/C17H24FNO/c1-17(2,3)11-15(12-7-9-14(18)10-8-12)19-16(20)13-5-4-6-13/h7-10,13,15H,4-6,11H2,1-3H3,(H,19,20). The van der Waals surface area contributed by atoms with Gasteiger partial charge in [-0.2, -0.15) is 0 Å². The van der Waals surface area contributed by atoms with Crippen molar-refractivity contribution in [1.82, 2.24) is 5.32 Å². The van der Waals surface area contributed by atoms with Gasteiger partial charge in [0.2, 0.25) is 5.91 Å². The monoisotopic (exact) mass is 277 g/mol. The molecule has 0 spiro atoms. The Morgan fingerprint density at radius 1 is 1.30 bits per heavy atom. The van der Waals surface area contributed by atoms with E-state index in [1.807, 2.05) is 0 Å². The maximum Gasteiger partial charge on any atom is 0.223 e. The molecular weight excluding hydrogens is 253 g/mol. The predicted octanol–water partition coefficient (Wildman–Crippen LogP) is 4.22. The molecule has 1 unspecified atom stereocenters. The zero-order valence-electron chi connectivity index (χ0n) is 12.6. The van der Waals surface area contributed by atoms with Crippen LogP contribution in [0.25, 0.3) is 0 Å². The zero-order chi connectivity index (χ0) is 14.8. The molecule has 110 valence electrons. The van der Waals surface area contributed by atoms with E-state index in [0.29, 0.717) is 0 Å². The van der Waals surface area contributed by atoms with E-state index in [4.69, 9.17) is 0 Å². The number of carbonyl (C=O) groups excluding carboxylic acids is 1. The number of amides is 1. The first-order valence-corrected chi connectivity index (χ1v) is 7.41. The smallest absolute Gasteiger partial charge is 0.223 e. The van der Waals surface area contributed by atoms with Crippen molar-refractivity contribution >= 4 is 5.91 Å². The first kappa shape index (κ1) is 15.0.